The molecule has 3 nitrogen and oxygen atoms in total. The molecule has 1 N–H and O–H groups in total. The molecule has 0 atom stereocenters. The van der Waals surface area contributed by atoms with Gasteiger partial charge in [0, 0.05) is 12.6 Å². The first kappa shape index (κ1) is 15.0. The van der Waals surface area contributed by atoms with E-state index in [0.29, 0.717) is 6.04 Å². The molecule has 0 heterocycles. The van der Waals surface area contributed by atoms with Gasteiger partial charge < -0.3 is 10.2 Å². The summed E-state index contributed by atoms with van der Waals surface area (Å²) in [4.78, 5) is 14.7. The van der Waals surface area contributed by atoms with Crippen molar-refractivity contribution in [2.24, 2.45) is 0 Å². The summed E-state index contributed by atoms with van der Waals surface area (Å²) in [5, 5.41) is 3.12. The third-order valence-electron chi connectivity index (χ3n) is 4.19. The van der Waals surface area contributed by atoms with Crippen molar-refractivity contribution in [2.75, 3.05) is 7.05 Å². The zero-order chi connectivity index (χ0) is 14.8. The molecule has 20 heavy (non-hydrogen) atoms. The highest BCUT2D eigenvalue weighted by molar-refractivity contribution is 5.86. The van der Waals surface area contributed by atoms with Crippen LogP contribution < -0.4 is 5.32 Å². The third-order valence-corrected chi connectivity index (χ3v) is 4.19. The molecule has 3 heteroatoms. The Labute approximate surface area is 122 Å². The minimum absolute atomic E-state index is 0.196. The van der Waals surface area contributed by atoms with Crippen LogP contribution in [0.3, 0.4) is 0 Å². The molecular weight excluding hydrogens is 248 g/mol. The second-order valence-corrected chi connectivity index (χ2v) is 6.21. The van der Waals surface area contributed by atoms with Gasteiger partial charge in [-0.2, -0.15) is 0 Å². The van der Waals surface area contributed by atoms with E-state index >= 15 is 0 Å². The van der Waals surface area contributed by atoms with Gasteiger partial charge in [-0.1, -0.05) is 31.2 Å². The summed E-state index contributed by atoms with van der Waals surface area (Å²) in [5.74, 6) is 0.196. The van der Waals surface area contributed by atoms with Gasteiger partial charge in [0.05, 0.1) is 5.54 Å². The van der Waals surface area contributed by atoms with Crippen molar-refractivity contribution in [2.45, 2.75) is 58.2 Å². The lowest BCUT2D eigenvalue weighted by Crippen LogP contribution is -2.53. The molecule has 1 fully saturated rings. The van der Waals surface area contributed by atoms with Crippen molar-refractivity contribution in [3.63, 3.8) is 0 Å². The molecule has 0 unspecified atom stereocenters. The molecule has 0 bridgehead atoms. The van der Waals surface area contributed by atoms with Gasteiger partial charge in [-0.15, -0.1) is 0 Å². The van der Waals surface area contributed by atoms with Gasteiger partial charge in [-0.3, -0.25) is 4.79 Å². The molecule has 110 valence electrons. The molecule has 0 saturated heterocycles. The number of nitrogens with one attached hydrogen (secondary N) is 1. The molecule has 1 aromatic rings. The van der Waals surface area contributed by atoms with Crippen LogP contribution in [0, 0.1) is 0 Å². The van der Waals surface area contributed by atoms with Gasteiger partial charge in [-0.05, 0) is 51.3 Å². The number of carbonyl (C=O) groups excluding carboxylic acids is 1. The number of aryl methyl sites for hydroxylation is 1. The molecule has 1 aromatic carbocycles. The summed E-state index contributed by atoms with van der Waals surface area (Å²) in [6.45, 7) is 6.78. The smallest absolute Gasteiger partial charge is 0.242 e. The van der Waals surface area contributed by atoms with Crippen LogP contribution in [0.4, 0.5) is 0 Å². The van der Waals surface area contributed by atoms with E-state index in [1.807, 2.05) is 25.8 Å². The van der Waals surface area contributed by atoms with E-state index in [1.54, 1.807) is 0 Å². The van der Waals surface area contributed by atoms with Crippen LogP contribution in [0.5, 0.6) is 0 Å². The van der Waals surface area contributed by atoms with Crippen LogP contribution >= 0.6 is 0 Å². The van der Waals surface area contributed by atoms with Crippen molar-refractivity contribution in [1.82, 2.24) is 10.2 Å². The van der Waals surface area contributed by atoms with Gasteiger partial charge in [0.1, 0.15) is 0 Å². The van der Waals surface area contributed by atoms with E-state index < -0.39 is 5.54 Å². The van der Waals surface area contributed by atoms with Crippen molar-refractivity contribution in [3.05, 3.63) is 35.4 Å². The number of likely N-dealkylation sites (N-methyl/N-ethyl adjacent to an activating group) is 1. The lowest BCUT2D eigenvalue weighted by molar-refractivity contribution is -0.138. The summed E-state index contributed by atoms with van der Waals surface area (Å²) in [7, 11) is 1.85. The Bertz CT molecular complexity index is 460. The third kappa shape index (κ3) is 3.40. The van der Waals surface area contributed by atoms with E-state index in [9.17, 15) is 4.79 Å². The molecule has 1 saturated carbocycles. The fourth-order valence-electron chi connectivity index (χ4n) is 2.30. The lowest BCUT2D eigenvalue weighted by atomic mass is 10.0. The average molecular weight is 274 g/mol. The molecule has 1 aliphatic carbocycles. The second-order valence-electron chi connectivity index (χ2n) is 6.21. The van der Waals surface area contributed by atoms with E-state index in [1.165, 1.54) is 11.1 Å². The van der Waals surface area contributed by atoms with Crippen molar-refractivity contribution >= 4 is 5.91 Å². The maximum atomic E-state index is 12.7. The predicted octanol–water partition coefficient (Wildman–Crippen LogP) is 2.74. The lowest BCUT2D eigenvalue weighted by Gasteiger charge is -2.32. The van der Waals surface area contributed by atoms with Crippen molar-refractivity contribution in [1.29, 1.82) is 0 Å². The molecule has 0 aliphatic heterocycles. The highest BCUT2D eigenvalue weighted by Crippen LogP contribution is 2.30. The Hall–Kier alpha value is -1.35. The summed E-state index contributed by atoms with van der Waals surface area (Å²) < 4.78 is 0. The van der Waals surface area contributed by atoms with Crippen LogP contribution in [0.25, 0.3) is 0 Å². The summed E-state index contributed by atoms with van der Waals surface area (Å²) in [6, 6.07) is 9.05. The molecular formula is C17H26N2O. The highest BCUT2D eigenvalue weighted by Gasteiger charge is 2.38. The normalized spacial score (nSPS) is 15.2. The zero-order valence-electron chi connectivity index (χ0n) is 13.1. The Morgan fingerprint density at radius 3 is 2.25 bits per heavy atom. The minimum Gasteiger partial charge on any atom is -0.334 e. The first-order valence-corrected chi connectivity index (χ1v) is 7.55. The van der Waals surface area contributed by atoms with Gasteiger partial charge >= 0.3 is 0 Å². The monoisotopic (exact) mass is 274 g/mol. The summed E-state index contributed by atoms with van der Waals surface area (Å²) in [5.41, 5.74) is 2.06. The summed E-state index contributed by atoms with van der Waals surface area (Å²) >= 11 is 0. The van der Waals surface area contributed by atoms with Crippen molar-refractivity contribution in [3.8, 4) is 0 Å². The number of hydrogen-bond acceptors (Lipinski definition) is 2. The maximum absolute atomic E-state index is 12.7. The van der Waals surface area contributed by atoms with Gasteiger partial charge in [0.15, 0.2) is 0 Å². The molecule has 1 amide bonds. The maximum Gasteiger partial charge on any atom is 0.242 e. The predicted molar refractivity (Wildman–Crippen MR) is 82.5 cm³/mol. The van der Waals surface area contributed by atoms with Gasteiger partial charge in [0.25, 0.3) is 0 Å². The van der Waals surface area contributed by atoms with E-state index in [0.717, 1.165) is 25.8 Å². The second kappa shape index (κ2) is 5.96. The average Bonchev–Trinajstić information content (AvgIpc) is 3.29. The van der Waals surface area contributed by atoms with Crippen LogP contribution in [-0.4, -0.2) is 29.4 Å². The molecule has 0 radical (unpaired) electrons. The van der Waals surface area contributed by atoms with Crippen LogP contribution in [0.2, 0.25) is 0 Å². The first-order chi connectivity index (χ1) is 9.47. The molecule has 1 aliphatic rings. The fourth-order valence-corrected chi connectivity index (χ4v) is 2.30. The van der Waals surface area contributed by atoms with Gasteiger partial charge in [0.2, 0.25) is 5.91 Å². The topological polar surface area (TPSA) is 32.3 Å². The van der Waals surface area contributed by atoms with Crippen molar-refractivity contribution < 1.29 is 4.79 Å². The Balaban J connectivity index is 2.11. The highest BCUT2D eigenvalue weighted by atomic mass is 16.2. The Morgan fingerprint density at radius 2 is 1.80 bits per heavy atom. The van der Waals surface area contributed by atoms with Crippen LogP contribution in [0.1, 0.15) is 44.7 Å². The zero-order valence-corrected chi connectivity index (χ0v) is 13.1. The SMILES string of the molecule is CCc1ccc(CN(C(=O)C(C)(C)NC)C2CC2)cc1. The number of benzene rings is 1. The minimum atomic E-state index is -0.494. The van der Waals surface area contributed by atoms with E-state index in [2.05, 4.69) is 36.5 Å². The fraction of sp³-hybridized carbons (Fsp3) is 0.588. The Kier molecular flexibility index (Phi) is 4.48. The van der Waals surface area contributed by atoms with Crippen LogP contribution in [-0.2, 0) is 17.8 Å². The standard InChI is InChI=1S/C17H26N2O/c1-5-13-6-8-14(9-7-13)12-19(15-10-11-15)16(20)17(2,3)18-4/h6-9,15,18H,5,10-12H2,1-4H3. The number of carbonyl (C=O) groups is 1. The van der Waals surface area contributed by atoms with Crippen LogP contribution in [0.15, 0.2) is 24.3 Å². The number of amides is 1. The molecule has 0 aromatic heterocycles. The largest absolute Gasteiger partial charge is 0.334 e. The van der Waals surface area contributed by atoms with Gasteiger partial charge in [-0.25, -0.2) is 0 Å². The molecule has 2 rings (SSSR count). The quantitative estimate of drug-likeness (QED) is 0.865. The first-order valence-electron chi connectivity index (χ1n) is 7.55. The number of nitrogens with zero attached hydrogens (tertiary/aromatic N) is 1. The number of hydrogen-bond donors (Lipinski definition) is 1. The number of rotatable bonds is 6. The summed E-state index contributed by atoms with van der Waals surface area (Å²) in [6.07, 6.45) is 3.33. The van der Waals surface area contributed by atoms with E-state index in [4.69, 9.17) is 0 Å². The van der Waals surface area contributed by atoms with E-state index in [-0.39, 0.29) is 5.91 Å². The Morgan fingerprint density at radius 1 is 1.25 bits per heavy atom. The molecule has 0 spiro atoms.